The Balaban J connectivity index is 3.09. The van der Waals surface area contributed by atoms with Crippen LogP contribution in [0.15, 0.2) is 0 Å². The van der Waals surface area contributed by atoms with Crippen LogP contribution in [0.3, 0.4) is 0 Å². The zero-order valence-electron chi connectivity index (χ0n) is 10.2. The number of ether oxygens (including phenoxy) is 1. The van der Waals surface area contributed by atoms with Crippen molar-refractivity contribution < 1.29 is 14.3 Å². The molecule has 0 unspecified atom stereocenters. The summed E-state index contributed by atoms with van der Waals surface area (Å²) in [5.41, 5.74) is 2.22. The topological polar surface area (TPSA) is 59.2 Å². The average molecular weight is 258 g/mol. The minimum Gasteiger partial charge on any atom is -0.461 e. The van der Waals surface area contributed by atoms with Crippen LogP contribution in [0.1, 0.15) is 45.4 Å². The van der Waals surface area contributed by atoms with Crippen molar-refractivity contribution in [2.45, 2.75) is 27.2 Å². The number of aromatic nitrogens is 1. The van der Waals surface area contributed by atoms with Crippen LogP contribution in [-0.2, 0) is 4.74 Å². The van der Waals surface area contributed by atoms with Crippen molar-refractivity contribution in [3.8, 4) is 0 Å². The van der Waals surface area contributed by atoms with Gasteiger partial charge in [0.2, 0.25) is 0 Å². The molecule has 0 saturated carbocycles. The molecule has 0 spiro atoms. The number of nitrogens with one attached hydrogen (secondary N) is 1. The van der Waals surface area contributed by atoms with E-state index in [1.54, 1.807) is 20.8 Å². The highest BCUT2D eigenvalue weighted by Crippen LogP contribution is 2.20. The molecule has 0 aliphatic rings. The first-order valence-electron chi connectivity index (χ1n) is 5.48. The molecule has 4 nitrogen and oxygen atoms in total. The molecule has 1 heterocycles. The first-order valence-corrected chi connectivity index (χ1v) is 6.01. The molecule has 1 aromatic heterocycles. The van der Waals surface area contributed by atoms with Crippen LogP contribution < -0.4 is 0 Å². The van der Waals surface area contributed by atoms with Gasteiger partial charge in [0.25, 0.3) is 0 Å². The highest BCUT2D eigenvalue weighted by molar-refractivity contribution is 6.19. The van der Waals surface area contributed by atoms with Gasteiger partial charge in [0.1, 0.15) is 5.69 Å². The quantitative estimate of drug-likeness (QED) is 0.501. The third-order valence-electron chi connectivity index (χ3n) is 2.52. The lowest BCUT2D eigenvalue weighted by atomic mass is 10.0. The van der Waals surface area contributed by atoms with Gasteiger partial charge in [-0.05, 0) is 26.3 Å². The molecule has 94 valence electrons. The lowest BCUT2D eigenvalue weighted by molar-refractivity contribution is 0.0519. The van der Waals surface area contributed by atoms with Crippen molar-refractivity contribution in [3.63, 3.8) is 0 Å². The van der Waals surface area contributed by atoms with Gasteiger partial charge in [-0.15, -0.1) is 11.6 Å². The summed E-state index contributed by atoms with van der Waals surface area (Å²) in [6, 6.07) is 0. The van der Waals surface area contributed by atoms with E-state index < -0.39 is 5.97 Å². The zero-order valence-corrected chi connectivity index (χ0v) is 11.0. The summed E-state index contributed by atoms with van der Waals surface area (Å²) < 4.78 is 4.91. The van der Waals surface area contributed by atoms with E-state index in [2.05, 4.69) is 4.98 Å². The Hall–Kier alpha value is -1.29. The fraction of sp³-hybridized carbons (Fsp3) is 0.500. The van der Waals surface area contributed by atoms with E-state index in [1.807, 2.05) is 0 Å². The van der Waals surface area contributed by atoms with Gasteiger partial charge in [-0.1, -0.05) is 0 Å². The number of hydrogen-bond donors (Lipinski definition) is 1. The number of carbonyl (C=O) groups is 2. The molecule has 0 aliphatic carbocycles. The summed E-state index contributed by atoms with van der Waals surface area (Å²) in [5.74, 6) is -0.211. The number of Topliss-reactive ketones (excluding diaryl/α,β-unsaturated/α-hetero) is 1. The predicted octanol–water partition coefficient (Wildman–Crippen LogP) is 2.62. The number of halogens is 1. The first kappa shape index (κ1) is 13.8. The van der Waals surface area contributed by atoms with E-state index in [9.17, 15) is 9.59 Å². The monoisotopic (exact) mass is 257 g/mol. The molecule has 0 amide bonds. The second-order valence-electron chi connectivity index (χ2n) is 3.71. The second kappa shape index (κ2) is 5.87. The summed E-state index contributed by atoms with van der Waals surface area (Å²) >= 11 is 5.55. The number of esters is 1. The van der Waals surface area contributed by atoms with E-state index >= 15 is 0 Å². The van der Waals surface area contributed by atoms with Crippen molar-refractivity contribution >= 4 is 23.4 Å². The maximum absolute atomic E-state index is 11.8. The molecule has 0 saturated heterocycles. The number of carbonyl (C=O) groups excluding carboxylic acids is 2. The predicted molar refractivity (Wildman–Crippen MR) is 65.9 cm³/mol. The Morgan fingerprint density at radius 1 is 1.35 bits per heavy atom. The normalized spacial score (nSPS) is 10.4. The standard InChI is InChI=1S/C12H16ClNO3/c1-4-17-12(16)11-7(2)10(8(3)14-11)9(15)5-6-13/h14H,4-6H2,1-3H3. The maximum Gasteiger partial charge on any atom is 0.355 e. The molecule has 1 N–H and O–H groups in total. The van der Waals surface area contributed by atoms with Crippen LogP contribution >= 0.6 is 11.6 Å². The van der Waals surface area contributed by atoms with Crippen LogP contribution in [0.4, 0.5) is 0 Å². The van der Waals surface area contributed by atoms with Crippen LogP contribution in [0.25, 0.3) is 0 Å². The number of aryl methyl sites for hydroxylation is 1. The maximum atomic E-state index is 11.8. The fourth-order valence-corrected chi connectivity index (χ4v) is 1.96. The van der Waals surface area contributed by atoms with Crippen molar-refractivity contribution in [1.29, 1.82) is 0 Å². The first-order chi connectivity index (χ1) is 8.02. The Kier molecular flexibility index (Phi) is 4.75. The van der Waals surface area contributed by atoms with Gasteiger partial charge in [-0.2, -0.15) is 0 Å². The Labute approximate surface area is 105 Å². The van der Waals surface area contributed by atoms with E-state index in [-0.39, 0.29) is 18.1 Å². The summed E-state index contributed by atoms with van der Waals surface area (Å²) in [4.78, 5) is 26.3. The van der Waals surface area contributed by atoms with Gasteiger partial charge >= 0.3 is 5.97 Å². The lowest BCUT2D eigenvalue weighted by Gasteiger charge is -2.01. The molecule has 0 bridgehead atoms. The lowest BCUT2D eigenvalue weighted by Crippen LogP contribution is -2.07. The van der Waals surface area contributed by atoms with E-state index in [4.69, 9.17) is 16.3 Å². The van der Waals surface area contributed by atoms with Gasteiger partial charge < -0.3 is 9.72 Å². The number of hydrogen-bond acceptors (Lipinski definition) is 3. The van der Waals surface area contributed by atoms with Gasteiger partial charge in [-0.25, -0.2) is 4.79 Å². The molecule has 5 heteroatoms. The highest BCUT2D eigenvalue weighted by Gasteiger charge is 2.21. The van der Waals surface area contributed by atoms with Gasteiger partial charge in [0.15, 0.2) is 5.78 Å². The van der Waals surface area contributed by atoms with Crippen LogP contribution in [0, 0.1) is 13.8 Å². The van der Waals surface area contributed by atoms with Crippen molar-refractivity contribution in [2.24, 2.45) is 0 Å². The van der Waals surface area contributed by atoms with Gasteiger partial charge in [0, 0.05) is 23.6 Å². The van der Waals surface area contributed by atoms with Crippen molar-refractivity contribution in [3.05, 3.63) is 22.5 Å². The summed E-state index contributed by atoms with van der Waals surface area (Å²) in [5, 5.41) is 0. The summed E-state index contributed by atoms with van der Waals surface area (Å²) in [6.45, 7) is 5.54. The largest absolute Gasteiger partial charge is 0.461 e. The molecule has 1 aromatic rings. The van der Waals surface area contributed by atoms with Crippen molar-refractivity contribution in [2.75, 3.05) is 12.5 Å². The van der Waals surface area contributed by atoms with E-state index in [0.717, 1.165) is 0 Å². The van der Waals surface area contributed by atoms with E-state index in [1.165, 1.54) is 0 Å². The van der Waals surface area contributed by atoms with Crippen LogP contribution in [-0.4, -0.2) is 29.2 Å². The molecular weight excluding hydrogens is 242 g/mol. The number of aromatic amines is 1. The number of alkyl halides is 1. The summed E-state index contributed by atoms with van der Waals surface area (Å²) in [7, 11) is 0. The van der Waals surface area contributed by atoms with Gasteiger partial charge in [0.05, 0.1) is 6.61 Å². The number of ketones is 1. The third-order valence-corrected chi connectivity index (χ3v) is 2.71. The molecule has 17 heavy (non-hydrogen) atoms. The SMILES string of the molecule is CCOC(=O)c1[nH]c(C)c(C(=O)CCCl)c1C. The van der Waals surface area contributed by atoms with Crippen molar-refractivity contribution in [1.82, 2.24) is 4.98 Å². The third kappa shape index (κ3) is 2.88. The minimum atomic E-state index is -0.432. The molecule has 0 atom stereocenters. The zero-order chi connectivity index (χ0) is 13.0. The molecule has 0 aromatic carbocycles. The molecule has 0 aliphatic heterocycles. The Bertz CT molecular complexity index is 437. The minimum absolute atomic E-state index is 0.0539. The van der Waals surface area contributed by atoms with E-state index in [0.29, 0.717) is 29.1 Å². The number of H-pyrrole nitrogens is 1. The Morgan fingerprint density at radius 2 is 2.00 bits per heavy atom. The van der Waals surface area contributed by atoms with Crippen LogP contribution in [0.2, 0.25) is 0 Å². The van der Waals surface area contributed by atoms with Crippen LogP contribution in [0.5, 0.6) is 0 Å². The molecular formula is C12H16ClNO3. The summed E-state index contributed by atoms with van der Waals surface area (Å²) in [6.07, 6.45) is 0.267. The average Bonchev–Trinajstić information content (AvgIpc) is 2.55. The molecule has 0 fully saturated rings. The van der Waals surface area contributed by atoms with Gasteiger partial charge in [-0.3, -0.25) is 4.79 Å². The molecule has 1 rings (SSSR count). The second-order valence-corrected chi connectivity index (χ2v) is 4.09. The Morgan fingerprint density at radius 3 is 2.53 bits per heavy atom. The fourth-order valence-electron chi connectivity index (χ4n) is 1.79. The number of rotatable bonds is 5. The highest BCUT2D eigenvalue weighted by atomic mass is 35.5. The molecule has 0 radical (unpaired) electrons. The smallest absolute Gasteiger partial charge is 0.355 e.